The molecule has 0 bridgehead atoms. The summed E-state index contributed by atoms with van der Waals surface area (Å²) in [5.41, 5.74) is 0.931. The second-order valence-electron chi connectivity index (χ2n) is 5.67. The molecule has 0 aliphatic carbocycles. The van der Waals surface area contributed by atoms with Crippen molar-refractivity contribution >= 4 is 5.91 Å². The zero-order chi connectivity index (χ0) is 16.2. The van der Waals surface area contributed by atoms with Crippen LogP contribution in [0, 0.1) is 0 Å². The van der Waals surface area contributed by atoms with Gasteiger partial charge >= 0.3 is 0 Å². The Morgan fingerprint density at radius 3 is 3.09 bits per heavy atom. The number of carbonyl (C=O) groups excluding carboxylic acids is 1. The van der Waals surface area contributed by atoms with Gasteiger partial charge < -0.3 is 9.64 Å². The number of aromatic nitrogens is 3. The Hall–Kier alpha value is -2.21. The Bertz CT molecular complexity index is 683. The number of ether oxygens (including phenoxy) is 1. The third-order valence-corrected chi connectivity index (χ3v) is 4.22. The first-order valence-corrected chi connectivity index (χ1v) is 8.02. The van der Waals surface area contributed by atoms with E-state index in [2.05, 4.69) is 11.9 Å². The molecule has 0 saturated carbocycles. The summed E-state index contributed by atoms with van der Waals surface area (Å²) in [6.45, 7) is 2.96. The Balaban J connectivity index is 1.89. The molecule has 6 nitrogen and oxygen atoms in total. The SMILES string of the molecule is CCc1nccn1-c1cccc([C@H]2CCCN2C(=O)COC)n1. The van der Waals surface area contributed by atoms with Crippen LogP contribution < -0.4 is 0 Å². The van der Waals surface area contributed by atoms with E-state index in [-0.39, 0.29) is 18.6 Å². The average Bonchev–Trinajstić information content (AvgIpc) is 3.24. The molecule has 6 heteroatoms. The number of carbonyl (C=O) groups is 1. The lowest BCUT2D eigenvalue weighted by Gasteiger charge is -2.24. The molecule has 1 aliphatic rings. The molecule has 122 valence electrons. The van der Waals surface area contributed by atoms with Crippen LogP contribution in [0.5, 0.6) is 0 Å². The minimum absolute atomic E-state index is 0.0269. The third-order valence-electron chi connectivity index (χ3n) is 4.22. The zero-order valence-electron chi connectivity index (χ0n) is 13.6. The van der Waals surface area contributed by atoms with Crippen LogP contribution in [0.25, 0.3) is 5.82 Å². The highest BCUT2D eigenvalue weighted by Gasteiger charge is 2.30. The first kappa shape index (κ1) is 15.7. The fourth-order valence-electron chi connectivity index (χ4n) is 3.14. The number of hydrogen-bond donors (Lipinski definition) is 0. The number of nitrogens with zero attached hydrogens (tertiary/aromatic N) is 4. The van der Waals surface area contributed by atoms with E-state index in [9.17, 15) is 4.79 Å². The van der Waals surface area contributed by atoms with Crippen molar-refractivity contribution in [1.29, 1.82) is 0 Å². The van der Waals surface area contributed by atoms with Crippen LogP contribution >= 0.6 is 0 Å². The molecule has 0 radical (unpaired) electrons. The lowest BCUT2D eigenvalue weighted by molar-refractivity contribution is -0.136. The van der Waals surface area contributed by atoms with Crippen LogP contribution in [0.1, 0.15) is 37.3 Å². The summed E-state index contributed by atoms with van der Waals surface area (Å²) in [5, 5.41) is 0. The maximum atomic E-state index is 12.2. The highest BCUT2D eigenvalue weighted by atomic mass is 16.5. The van der Waals surface area contributed by atoms with Crippen molar-refractivity contribution in [3.05, 3.63) is 42.1 Å². The molecule has 1 saturated heterocycles. The predicted molar refractivity (Wildman–Crippen MR) is 86.3 cm³/mol. The quantitative estimate of drug-likeness (QED) is 0.848. The highest BCUT2D eigenvalue weighted by Crippen LogP contribution is 2.31. The monoisotopic (exact) mass is 314 g/mol. The summed E-state index contributed by atoms with van der Waals surface area (Å²) in [5.74, 6) is 1.86. The fourth-order valence-corrected chi connectivity index (χ4v) is 3.14. The zero-order valence-corrected chi connectivity index (χ0v) is 13.6. The maximum absolute atomic E-state index is 12.2. The molecule has 0 spiro atoms. The van der Waals surface area contributed by atoms with Gasteiger partial charge in [-0.3, -0.25) is 9.36 Å². The van der Waals surface area contributed by atoms with Crippen molar-refractivity contribution in [2.24, 2.45) is 0 Å². The molecule has 1 fully saturated rings. The van der Waals surface area contributed by atoms with Gasteiger partial charge in [0.15, 0.2) is 0 Å². The van der Waals surface area contributed by atoms with E-state index in [0.717, 1.165) is 43.1 Å². The molecule has 23 heavy (non-hydrogen) atoms. The smallest absolute Gasteiger partial charge is 0.249 e. The first-order valence-electron chi connectivity index (χ1n) is 8.02. The summed E-state index contributed by atoms with van der Waals surface area (Å²) in [6, 6.07) is 6.00. The van der Waals surface area contributed by atoms with Gasteiger partial charge in [-0.2, -0.15) is 0 Å². The normalized spacial score (nSPS) is 17.7. The van der Waals surface area contributed by atoms with Gasteiger partial charge in [0.25, 0.3) is 0 Å². The fraction of sp³-hybridized carbons (Fsp3) is 0.471. The second kappa shape index (κ2) is 6.91. The summed E-state index contributed by atoms with van der Waals surface area (Å²) < 4.78 is 6.99. The Morgan fingerprint density at radius 1 is 1.43 bits per heavy atom. The number of hydrogen-bond acceptors (Lipinski definition) is 4. The number of aryl methyl sites for hydroxylation is 1. The van der Waals surface area contributed by atoms with Crippen molar-refractivity contribution in [2.45, 2.75) is 32.2 Å². The summed E-state index contributed by atoms with van der Waals surface area (Å²) >= 11 is 0. The molecule has 3 heterocycles. The van der Waals surface area contributed by atoms with Crippen LogP contribution in [0.15, 0.2) is 30.6 Å². The maximum Gasteiger partial charge on any atom is 0.249 e. The molecular weight excluding hydrogens is 292 g/mol. The van der Waals surface area contributed by atoms with Crippen LogP contribution in [-0.2, 0) is 16.0 Å². The predicted octanol–water partition coefficient (Wildman–Crippen LogP) is 2.14. The van der Waals surface area contributed by atoms with E-state index in [1.165, 1.54) is 0 Å². The summed E-state index contributed by atoms with van der Waals surface area (Å²) in [6.07, 6.45) is 6.50. The van der Waals surface area contributed by atoms with Gasteiger partial charge in [0.1, 0.15) is 18.2 Å². The van der Waals surface area contributed by atoms with E-state index >= 15 is 0 Å². The van der Waals surface area contributed by atoms with E-state index in [1.807, 2.05) is 33.9 Å². The summed E-state index contributed by atoms with van der Waals surface area (Å²) in [7, 11) is 1.55. The van der Waals surface area contributed by atoms with E-state index in [4.69, 9.17) is 9.72 Å². The average molecular weight is 314 g/mol. The molecule has 2 aromatic rings. The number of rotatable bonds is 5. The number of imidazole rings is 1. The van der Waals surface area contributed by atoms with Crippen molar-refractivity contribution in [3.8, 4) is 5.82 Å². The van der Waals surface area contributed by atoms with E-state index in [1.54, 1.807) is 13.3 Å². The van der Waals surface area contributed by atoms with Gasteiger partial charge in [0.2, 0.25) is 5.91 Å². The molecule has 0 unspecified atom stereocenters. The number of pyridine rings is 1. The van der Waals surface area contributed by atoms with Crippen molar-refractivity contribution in [2.75, 3.05) is 20.3 Å². The molecule has 1 amide bonds. The largest absolute Gasteiger partial charge is 0.375 e. The van der Waals surface area contributed by atoms with Crippen molar-refractivity contribution in [3.63, 3.8) is 0 Å². The van der Waals surface area contributed by atoms with Gasteiger partial charge in [-0.1, -0.05) is 13.0 Å². The van der Waals surface area contributed by atoms with Gasteiger partial charge in [-0.05, 0) is 25.0 Å². The third kappa shape index (κ3) is 3.12. The van der Waals surface area contributed by atoms with Crippen LogP contribution in [0.2, 0.25) is 0 Å². The van der Waals surface area contributed by atoms with Crippen LogP contribution in [0.3, 0.4) is 0 Å². The molecule has 0 N–H and O–H groups in total. The minimum atomic E-state index is 0.0269. The highest BCUT2D eigenvalue weighted by molar-refractivity contribution is 5.78. The van der Waals surface area contributed by atoms with Crippen LogP contribution in [0.4, 0.5) is 0 Å². The van der Waals surface area contributed by atoms with Gasteiger partial charge in [0.05, 0.1) is 11.7 Å². The minimum Gasteiger partial charge on any atom is -0.375 e. The molecule has 1 aliphatic heterocycles. The van der Waals surface area contributed by atoms with Gasteiger partial charge in [-0.25, -0.2) is 9.97 Å². The number of likely N-dealkylation sites (tertiary alicyclic amines) is 1. The van der Waals surface area contributed by atoms with E-state index in [0.29, 0.717) is 0 Å². The number of methoxy groups -OCH3 is 1. The van der Waals surface area contributed by atoms with Crippen molar-refractivity contribution < 1.29 is 9.53 Å². The lowest BCUT2D eigenvalue weighted by Crippen LogP contribution is -2.33. The molecule has 3 rings (SSSR count). The topological polar surface area (TPSA) is 60.2 Å². The van der Waals surface area contributed by atoms with Gasteiger partial charge in [0, 0.05) is 32.5 Å². The molecule has 2 aromatic heterocycles. The van der Waals surface area contributed by atoms with Gasteiger partial charge in [-0.15, -0.1) is 0 Å². The Morgan fingerprint density at radius 2 is 2.30 bits per heavy atom. The molecule has 1 atom stereocenters. The van der Waals surface area contributed by atoms with Crippen LogP contribution in [-0.4, -0.2) is 45.6 Å². The summed E-state index contributed by atoms with van der Waals surface area (Å²) in [4.78, 5) is 23.2. The standard InChI is InChI=1S/C17H22N4O2/c1-3-15-18-9-11-21(15)16-8-4-6-13(19-16)14-7-5-10-20(14)17(22)12-23-2/h4,6,8-9,11,14H,3,5,7,10,12H2,1-2H3/t14-/m1/s1. The van der Waals surface area contributed by atoms with E-state index < -0.39 is 0 Å². The van der Waals surface area contributed by atoms with Crippen molar-refractivity contribution in [1.82, 2.24) is 19.4 Å². The lowest BCUT2D eigenvalue weighted by atomic mass is 10.1. The molecular formula is C17H22N4O2. The number of amides is 1. The first-order chi connectivity index (χ1) is 11.2. The Kier molecular flexibility index (Phi) is 4.71. The Labute approximate surface area is 136 Å². The molecule has 0 aromatic carbocycles. The second-order valence-corrected chi connectivity index (χ2v) is 5.67.